The summed E-state index contributed by atoms with van der Waals surface area (Å²) >= 11 is 8.93. The summed E-state index contributed by atoms with van der Waals surface area (Å²) in [7, 11) is 0. The molecule has 0 amide bonds. The molecule has 0 saturated carbocycles. The molecule has 0 spiro atoms. The van der Waals surface area contributed by atoms with E-state index in [0.29, 0.717) is 15.3 Å². The lowest BCUT2D eigenvalue weighted by atomic mass is 10.2. The molecule has 1 aromatic heterocycles. The Hall–Kier alpha value is -2.25. The number of esters is 1. The Kier molecular flexibility index (Phi) is 4.92. The van der Waals surface area contributed by atoms with Crippen LogP contribution >= 0.6 is 27.5 Å². The van der Waals surface area contributed by atoms with E-state index in [9.17, 15) is 9.18 Å². The largest absolute Gasteiger partial charge is 0.452 e. The van der Waals surface area contributed by atoms with Gasteiger partial charge in [0.1, 0.15) is 5.82 Å². The van der Waals surface area contributed by atoms with Crippen molar-refractivity contribution in [2.75, 3.05) is 0 Å². The molecule has 122 valence electrons. The van der Waals surface area contributed by atoms with Crippen molar-refractivity contribution in [2.45, 2.75) is 6.61 Å². The van der Waals surface area contributed by atoms with Crippen LogP contribution in [-0.4, -0.2) is 16.1 Å². The van der Waals surface area contributed by atoms with Crippen molar-refractivity contribution in [3.8, 4) is 11.4 Å². The minimum absolute atomic E-state index is 0.145. The second-order valence-corrected chi connectivity index (χ2v) is 6.01. The van der Waals surface area contributed by atoms with Crippen LogP contribution in [0.15, 0.2) is 51.5 Å². The molecule has 5 nitrogen and oxygen atoms in total. The van der Waals surface area contributed by atoms with E-state index in [1.807, 2.05) is 0 Å². The number of hydrogen-bond donors (Lipinski definition) is 0. The van der Waals surface area contributed by atoms with E-state index >= 15 is 0 Å². The van der Waals surface area contributed by atoms with Gasteiger partial charge in [-0.25, -0.2) is 9.18 Å². The monoisotopic (exact) mass is 410 g/mol. The molecular weight excluding hydrogens is 403 g/mol. The Labute approximate surface area is 149 Å². The number of halogens is 3. The first kappa shape index (κ1) is 16.6. The predicted octanol–water partition coefficient (Wildman–Crippen LogP) is 4.65. The molecule has 3 rings (SSSR count). The van der Waals surface area contributed by atoms with Crippen molar-refractivity contribution in [3.63, 3.8) is 0 Å². The first-order chi connectivity index (χ1) is 11.5. The molecule has 0 N–H and O–H groups in total. The highest BCUT2D eigenvalue weighted by Crippen LogP contribution is 2.21. The Morgan fingerprint density at radius 1 is 1.25 bits per heavy atom. The molecule has 0 radical (unpaired) electrons. The van der Waals surface area contributed by atoms with E-state index in [-0.39, 0.29) is 18.1 Å². The molecule has 0 aliphatic heterocycles. The van der Waals surface area contributed by atoms with E-state index in [4.69, 9.17) is 20.9 Å². The SMILES string of the molecule is O=C(OCc1nc(-c2ccc(Cl)cc2)no1)c1ccc(F)cc1Br. The van der Waals surface area contributed by atoms with Gasteiger partial charge in [-0.05, 0) is 58.4 Å². The van der Waals surface area contributed by atoms with Crippen LogP contribution in [0, 0.1) is 5.82 Å². The molecule has 0 aliphatic rings. The van der Waals surface area contributed by atoms with Gasteiger partial charge in [-0.1, -0.05) is 16.8 Å². The topological polar surface area (TPSA) is 65.2 Å². The minimum atomic E-state index is -0.631. The van der Waals surface area contributed by atoms with Crippen LogP contribution in [0.2, 0.25) is 5.02 Å². The van der Waals surface area contributed by atoms with Gasteiger partial charge < -0.3 is 9.26 Å². The molecule has 0 unspecified atom stereocenters. The average molecular weight is 412 g/mol. The first-order valence-electron chi connectivity index (χ1n) is 6.73. The zero-order valence-corrected chi connectivity index (χ0v) is 14.3. The first-order valence-corrected chi connectivity index (χ1v) is 7.91. The Bertz CT molecular complexity index is 883. The summed E-state index contributed by atoms with van der Waals surface area (Å²) in [6, 6.07) is 10.6. The van der Waals surface area contributed by atoms with E-state index in [2.05, 4.69) is 26.1 Å². The average Bonchev–Trinajstić information content (AvgIpc) is 3.02. The predicted molar refractivity (Wildman–Crippen MR) is 88.0 cm³/mol. The maximum absolute atomic E-state index is 13.0. The molecule has 0 saturated heterocycles. The van der Waals surface area contributed by atoms with Gasteiger partial charge in [0.2, 0.25) is 5.82 Å². The summed E-state index contributed by atoms with van der Waals surface area (Å²) in [4.78, 5) is 16.1. The molecule has 3 aromatic rings. The highest BCUT2D eigenvalue weighted by molar-refractivity contribution is 9.10. The van der Waals surface area contributed by atoms with E-state index in [0.717, 1.165) is 5.56 Å². The quantitative estimate of drug-likeness (QED) is 0.585. The standard InChI is InChI=1S/C16H9BrClFN2O3/c17-13-7-11(19)5-6-12(13)16(22)23-8-14-20-15(21-24-14)9-1-3-10(18)4-2-9/h1-7H,8H2. The normalized spacial score (nSPS) is 10.6. The highest BCUT2D eigenvalue weighted by Gasteiger charge is 2.15. The fourth-order valence-electron chi connectivity index (χ4n) is 1.89. The third-order valence-corrected chi connectivity index (χ3v) is 3.96. The fourth-order valence-corrected chi connectivity index (χ4v) is 2.53. The third kappa shape index (κ3) is 3.80. The molecule has 2 aromatic carbocycles. The van der Waals surface area contributed by atoms with Gasteiger partial charge >= 0.3 is 5.97 Å². The Balaban J connectivity index is 1.67. The van der Waals surface area contributed by atoms with E-state index in [1.165, 1.54) is 18.2 Å². The van der Waals surface area contributed by atoms with Gasteiger partial charge in [-0.3, -0.25) is 0 Å². The highest BCUT2D eigenvalue weighted by atomic mass is 79.9. The van der Waals surface area contributed by atoms with Crippen LogP contribution in [0.25, 0.3) is 11.4 Å². The molecule has 24 heavy (non-hydrogen) atoms. The van der Waals surface area contributed by atoms with Crippen molar-refractivity contribution in [1.82, 2.24) is 10.1 Å². The van der Waals surface area contributed by atoms with Gasteiger partial charge in [0.05, 0.1) is 5.56 Å². The van der Waals surface area contributed by atoms with Crippen molar-refractivity contribution in [2.24, 2.45) is 0 Å². The molecule has 0 bridgehead atoms. The lowest BCUT2D eigenvalue weighted by Crippen LogP contribution is -2.06. The lowest BCUT2D eigenvalue weighted by molar-refractivity contribution is 0.0428. The summed E-state index contributed by atoms with van der Waals surface area (Å²) < 4.78 is 23.5. The van der Waals surface area contributed by atoms with Gasteiger partial charge in [0, 0.05) is 15.1 Å². The van der Waals surface area contributed by atoms with Crippen LogP contribution in [0.3, 0.4) is 0 Å². The number of rotatable bonds is 4. The Morgan fingerprint density at radius 2 is 2.00 bits per heavy atom. The van der Waals surface area contributed by atoms with Crippen LogP contribution in [0.4, 0.5) is 4.39 Å². The number of ether oxygens (including phenoxy) is 1. The molecule has 0 fully saturated rings. The fraction of sp³-hybridized carbons (Fsp3) is 0.0625. The number of carbonyl (C=O) groups is 1. The van der Waals surface area contributed by atoms with Crippen LogP contribution < -0.4 is 0 Å². The molecule has 8 heteroatoms. The summed E-state index contributed by atoms with van der Waals surface area (Å²) in [5.41, 5.74) is 0.927. The van der Waals surface area contributed by atoms with Crippen molar-refractivity contribution >= 4 is 33.5 Å². The zero-order valence-electron chi connectivity index (χ0n) is 12.0. The number of nitrogens with zero attached hydrogens (tertiary/aromatic N) is 2. The molecule has 0 atom stereocenters. The number of aromatic nitrogens is 2. The minimum Gasteiger partial charge on any atom is -0.452 e. The summed E-state index contributed by atoms with van der Waals surface area (Å²) in [6.07, 6.45) is 0. The van der Waals surface area contributed by atoms with Crippen LogP contribution in [-0.2, 0) is 11.3 Å². The van der Waals surface area contributed by atoms with Crippen LogP contribution in [0.5, 0.6) is 0 Å². The second kappa shape index (κ2) is 7.11. The zero-order chi connectivity index (χ0) is 17.1. The van der Waals surface area contributed by atoms with Gasteiger partial charge in [0.15, 0.2) is 6.61 Å². The van der Waals surface area contributed by atoms with E-state index in [1.54, 1.807) is 24.3 Å². The number of hydrogen-bond acceptors (Lipinski definition) is 5. The van der Waals surface area contributed by atoms with Gasteiger partial charge in [0.25, 0.3) is 5.89 Å². The summed E-state index contributed by atoms with van der Waals surface area (Å²) in [5, 5.41) is 4.42. The maximum Gasteiger partial charge on any atom is 0.339 e. The summed E-state index contributed by atoms with van der Waals surface area (Å²) in [6.45, 7) is -0.191. The maximum atomic E-state index is 13.0. The van der Waals surface area contributed by atoms with Gasteiger partial charge in [-0.15, -0.1) is 0 Å². The van der Waals surface area contributed by atoms with Crippen molar-refractivity contribution < 1.29 is 18.4 Å². The third-order valence-electron chi connectivity index (χ3n) is 3.05. The summed E-state index contributed by atoms with van der Waals surface area (Å²) in [5.74, 6) is -0.580. The van der Waals surface area contributed by atoms with Crippen molar-refractivity contribution in [1.29, 1.82) is 0 Å². The van der Waals surface area contributed by atoms with Crippen LogP contribution in [0.1, 0.15) is 16.2 Å². The lowest BCUT2D eigenvalue weighted by Gasteiger charge is -2.04. The van der Waals surface area contributed by atoms with Gasteiger partial charge in [-0.2, -0.15) is 4.98 Å². The van der Waals surface area contributed by atoms with Crippen molar-refractivity contribution in [3.05, 3.63) is 69.2 Å². The Morgan fingerprint density at radius 3 is 2.71 bits per heavy atom. The second-order valence-electron chi connectivity index (χ2n) is 4.72. The number of benzene rings is 2. The number of carbonyl (C=O) groups excluding carboxylic acids is 1. The van der Waals surface area contributed by atoms with E-state index < -0.39 is 11.8 Å². The molecular formula is C16H9BrClFN2O3. The molecule has 0 aliphatic carbocycles. The smallest absolute Gasteiger partial charge is 0.339 e. The molecule has 1 heterocycles.